The van der Waals surface area contributed by atoms with Crippen LogP contribution in [0.1, 0.15) is 48.4 Å². The van der Waals surface area contributed by atoms with E-state index in [0.717, 1.165) is 0 Å². The van der Waals surface area contributed by atoms with Crippen LogP contribution in [0, 0.1) is 5.41 Å². The van der Waals surface area contributed by atoms with Crippen LogP contribution in [0.5, 0.6) is 0 Å². The second-order valence-electron chi connectivity index (χ2n) is 7.04. The number of ether oxygens (including phenoxy) is 1. The van der Waals surface area contributed by atoms with Crippen molar-refractivity contribution in [3.63, 3.8) is 0 Å². The molecule has 27 heavy (non-hydrogen) atoms. The molecule has 0 bridgehead atoms. The number of nitrogens with one attached hydrogen (secondary N) is 2. The lowest BCUT2D eigenvalue weighted by atomic mass is 9.95. The molecule has 0 fully saturated rings. The predicted octanol–water partition coefficient (Wildman–Crippen LogP) is 4.10. The zero-order valence-electron chi connectivity index (χ0n) is 16.0. The molecule has 2 aromatic rings. The molecule has 0 heterocycles. The molecule has 0 saturated heterocycles. The largest absolute Gasteiger partial charge is 0.462 e. The molecule has 142 valence electrons. The van der Waals surface area contributed by atoms with Crippen molar-refractivity contribution < 1.29 is 19.1 Å². The van der Waals surface area contributed by atoms with Gasteiger partial charge in [0.15, 0.2) is 0 Å². The lowest BCUT2D eigenvalue weighted by Gasteiger charge is -2.18. The maximum atomic E-state index is 12.5. The van der Waals surface area contributed by atoms with E-state index in [-0.39, 0.29) is 18.4 Å². The molecular formula is C21H24N2O4. The summed E-state index contributed by atoms with van der Waals surface area (Å²) in [4.78, 5) is 36.4. The molecular weight excluding hydrogens is 344 g/mol. The Labute approximate surface area is 158 Å². The fourth-order valence-corrected chi connectivity index (χ4v) is 2.20. The molecule has 0 aliphatic carbocycles. The number of carbonyl (C=O) groups is 3. The summed E-state index contributed by atoms with van der Waals surface area (Å²) >= 11 is 0. The number of hydrogen-bond acceptors (Lipinski definition) is 4. The number of esters is 1. The molecule has 2 amide bonds. The van der Waals surface area contributed by atoms with Gasteiger partial charge < -0.3 is 15.4 Å². The number of amides is 2. The lowest BCUT2D eigenvalue weighted by Crippen LogP contribution is -2.27. The quantitative estimate of drug-likeness (QED) is 0.778. The second kappa shape index (κ2) is 8.49. The minimum absolute atomic E-state index is 0.137. The topological polar surface area (TPSA) is 84.5 Å². The standard InChI is InChI=1S/C21H24N2O4/c1-5-27-19(25)15-9-7-10-16(13-15)22-18(24)14-8-6-11-17(12-14)23-20(26)21(2,3)4/h6-13H,5H2,1-4H3,(H,22,24)(H,23,26). The van der Waals surface area contributed by atoms with E-state index in [1.54, 1.807) is 55.5 Å². The van der Waals surface area contributed by atoms with Crippen LogP contribution in [0.25, 0.3) is 0 Å². The van der Waals surface area contributed by atoms with Crippen LogP contribution >= 0.6 is 0 Å². The summed E-state index contributed by atoms with van der Waals surface area (Å²) in [6, 6.07) is 13.2. The maximum absolute atomic E-state index is 12.5. The molecule has 0 radical (unpaired) electrons. The van der Waals surface area contributed by atoms with E-state index >= 15 is 0 Å². The van der Waals surface area contributed by atoms with Crippen LogP contribution in [-0.2, 0) is 9.53 Å². The molecule has 0 unspecified atom stereocenters. The summed E-state index contributed by atoms with van der Waals surface area (Å²) in [7, 11) is 0. The normalized spacial score (nSPS) is 10.8. The molecule has 6 nitrogen and oxygen atoms in total. The van der Waals surface area contributed by atoms with Gasteiger partial charge in [-0.3, -0.25) is 9.59 Å². The summed E-state index contributed by atoms with van der Waals surface area (Å²) in [5, 5.41) is 5.55. The molecule has 2 aromatic carbocycles. The highest BCUT2D eigenvalue weighted by molar-refractivity contribution is 6.06. The lowest BCUT2D eigenvalue weighted by molar-refractivity contribution is -0.123. The number of rotatable bonds is 5. The Balaban J connectivity index is 2.13. The van der Waals surface area contributed by atoms with Crippen LogP contribution < -0.4 is 10.6 Å². The molecule has 2 rings (SSSR count). The molecule has 2 N–H and O–H groups in total. The van der Waals surface area contributed by atoms with Crippen molar-refractivity contribution in [2.24, 2.45) is 5.41 Å². The summed E-state index contributed by atoms with van der Waals surface area (Å²) in [5.74, 6) is -0.925. The van der Waals surface area contributed by atoms with Gasteiger partial charge in [0.25, 0.3) is 5.91 Å². The molecule has 0 aliphatic heterocycles. The molecule has 0 spiro atoms. The Morgan fingerprint density at radius 3 is 2.04 bits per heavy atom. The van der Waals surface area contributed by atoms with E-state index in [4.69, 9.17) is 4.74 Å². The van der Waals surface area contributed by atoms with Gasteiger partial charge in [-0.25, -0.2) is 4.79 Å². The third-order valence-electron chi connectivity index (χ3n) is 3.70. The van der Waals surface area contributed by atoms with Crippen LogP contribution in [0.15, 0.2) is 48.5 Å². The summed E-state index contributed by atoms with van der Waals surface area (Å²) in [5.41, 5.74) is 1.24. The molecule has 0 saturated carbocycles. The monoisotopic (exact) mass is 368 g/mol. The minimum Gasteiger partial charge on any atom is -0.462 e. The van der Waals surface area contributed by atoms with Crippen molar-refractivity contribution >= 4 is 29.2 Å². The van der Waals surface area contributed by atoms with Gasteiger partial charge >= 0.3 is 5.97 Å². The Bertz CT molecular complexity index is 853. The van der Waals surface area contributed by atoms with Gasteiger partial charge in [0.2, 0.25) is 5.91 Å². The van der Waals surface area contributed by atoms with E-state index in [1.807, 2.05) is 20.8 Å². The third kappa shape index (κ3) is 5.67. The highest BCUT2D eigenvalue weighted by Gasteiger charge is 2.21. The first kappa shape index (κ1) is 20.2. The Hall–Kier alpha value is -3.15. The minimum atomic E-state index is -0.536. The third-order valence-corrected chi connectivity index (χ3v) is 3.70. The van der Waals surface area contributed by atoms with E-state index < -0.39 is 11.4 Å². The van der Waals surface area contributed by atoms with Crippen molar-refractivity contribution in [3.05, 3.63) is 59.7 Å². The molecule has 0 atom stereocenters. The Morgan fingerprint density at radius 1 is 0.889 bits per heavy atom. The van der Waals surface area contributed by atoms with Crippen molar-refractivity contribution in [2.45, 2.75) is 27.7 Å². The van der Waals surface area contributed by atoms with Gasteiger partial charge in [-0.2, -0.15) is 0 Å². The molecule has 0 aliphatic rings. The average Bonchev–Trinajstić information content (AvgIpc) is 2.61. The summed E-state index contributed by atoms with van der Waals surface area (Å²) < 4.78 is 4.96. The van der Waals surface area contributed by atoms with E-state index in [0.29, 0.717) is 22.5 Å². The van der Waals surface area contributed by atoms with Gasteiger partial charge in [0.1, 0.15) is 0 Å². The summed E-state index contributed by atoms with van der Waals surface area (Å²) in [6.45, 7) is 7.46. The van der Waals surface area contributed by atoms with E-state index in [9.17, 15) is 14.4 Å². The fraction of sp³-hybridized carbons (Fsp3) is 0.286. The van der Waals surface area contributed by atoms with Crippen LogP contribution in [0.2, 0.25) is 0 Å². The zero-order chi connectivity index (χ0) is 20.0. The smallest absolute Gasteiger partial charge is 0.338 e. The number of benzene rings is 2. The van der Waals surface area contributed by atoms with E-state index in [1.165, 1.54) is 0 Å². The summed E-state index contributed by atoms with van der Waals surface area (Å²) in [6.07, 6.45) is 0. The zero-order valence-corrected chi connectivity index (χ0v) is 16.0. The molecule has 6 heteroatoms. The Morgan fingerprint density at radius 2 is 1.44 bits per heavy atom. The second-order valence-corrected chi connectivity index (χ2v) is 7.04. The highest BCUT2D eigenvalue weighted by Crippen LogP contribution is 2.19. The first-order valence-corrected chi connectivity index (χ1v) is 8.71. The van der Waals surface area contributed by atoms with E-state index in [2.05, 4.69) is 10.6 Å². The number of anilines is 2. The molecule has 0 aromatic heterocycles. The number of carbonyl (C=O) groups excluding carboxylic acids is 3. The van der Waals surface area contributed by atoms with Gasteiger partial charge in [0, 0.05) is 22.4 Å². The van der Waals surface area contributed by atoms with Crippen LogP contribution in [0.4, 0.5) is 11.4 Å². The first-order valence-electron chi connectivity index (χ1n) is 8.71. The maximum Gasteiger partial charge on any atom is 0.338 e. The van der Waals surface area contributed by atoms with Crippen LogP contribution in [0.3, 0.4) is 0 Å². The fourth-order valence-electron chi connectivity index (χ4n) is 2.20. The first-order chi connectivity index (χ1) is 12.7. The average molecular weight is 368 g/mol. The van der Waals surface area contributed by atoms with Crippen molar-refractivity contribution in [3.8, 4) is 0 Å². The van der Waals surface area contributed by atoms with Crippen LogP contribution in [-0.4, -0.2) is 24.4 Å². The number of hydrogen-bond donors (Lipinski definition) is 2. The van der Waals surface area contributed by atoms with Gasteiger partial charge in [-0.05, 0) is 43.3 Å². The van der Waals surface area contributed by atoms with Crippen molar-refractivity contribution in [1.29, 1.82) is 0 Å². The van der Waals surface area contributed by atoms with Crippen molar-refractivity contribution in [2.75, 3.05) is 17.2 Å². The highest BCUT2D eigenvalue weighted by atomic mass is 16.5. The predicted molar refractivity (Wildman–Crippen MR) is 105 cm³/mol. The SMILES string of the molecule is CCOC(=O)c1cccc(NC(=O)c2cccc(NC(=O)C(C)(C)C)c2)c1. The van der Waals surface area contributed by atoms with Crippen molar-refractivity contribution in [1.82, 2.24) is 0 Å². The van der Waals surface area contributed by atoms with Gasteiger partial charge in [-0.1, -0.05) is 32.9 Å². The Kier molecular flexibility index (Phi) is 6.34. The van der Waals surface area contributed by atoms with Gasteiger partial charge in [-0.15, -0.1) is 0 Å². The van der Waals surface area contributed by atoms with Gasteiger partial charge in [0.05, 0.1) is 12.2 Å².